The van der Waals surface area contributed by atoms with Crippen LogP contribution in [-0.2, 0) is 30.8 Å². The van der Waals surface area contributed by atoms with Gasteiger partial charge in [0.15, 0.2) is 5.82 Å². The highest BCUT2D eigenvalue weighted by Gasteiger charge is 2.71. The molecule has 2 saturated carbocycles. The maximum absolute atomic E-state index is 15.3. The van der Waals surface area contributed by atoms with Gasteiger partial charge in [-0.3, -0.25) is 29.5 Å². The molecule has 4 amide bonds. The quantitative estimate of drug-likeness (QED) is 0.195. The summed E-state index contributed by atoms with van der Waals surface area (Å²) in [5.41, 5.74) is 1.00. The maximum Gasteiger partial charge on any atom is 0.417 e. The van der Waals surface area contributed by atoms with E-state index in [1.165, 1.54) is 18.1 Å². The number of phenolic OH excluding ortho intramolecular Hbond substituents is 1. The minimum atomic E-state index is -4.75. The number of allylic oxidation sites excluding steroid dienone is 2. The number of carbonyl (C=O) groups is 4. The van der Waals surface area contributed by atoms with E-state index < -0.39 is 63.6 Å². The molecule has 8 rings (SSSR count). The van der Waals surface area contributed by atoms with Gasteiger partial charge in [0.05, 0.1) is 40.9 Å². The van der Waals surface area contributed by atoms with Gasteiger partial charge < -0.3 is 9.84 Å². The molecule has 2 aromatic carbocycles. The fraction of sp³-hybridized carbons (Fsp3) is 0.410. The Kier molecular flexibility index (Phi) is 8.95. The zero-order valence-corrected chi connectivity index (χ0v) is 30.4. The monoisotopic (exact) mass is 782 g/mol. The lowest BCUT2D eigenvalue weighted by atomic mass is 9.49. The molecule has 3 aromatic rings. The van der Waals surface area contributed by atoms with E-state index in [1.54, 1.807) is 36.4 Å². The molecule has 1 aromatic heterocycles. The van der Waals surface area contributed by atoms with Crippen LogP contribution in [0.15, 0.2) is 66.4 Å². The number of benzene rings is 2. The van der Waals surface area contributed by atoms with Crippen LogP contribution in [0, 0.1) is 23.7 Å². The minimum Gasteiger partial charge on any atom is -0.508 e. The number of imide groups is 2. The molecule has 10 nitrogen and oxygen atoms in total. The summed E-state index contributed by atoms with van der Waals surface area (Å²) in [6, 6.07) is 11.5. The van der Waals surface area contributed by atoms with Gasteiger partial charge in [0.25, 0.3) is 11.8 Å². The summed E-state index contributed by atoms with van der Waals surface area (Å²) in [6.07, 6.45) is 2.17. The number of methoxy groups -OCH3 is 1. The van der Waals surface area contributed by atoms with Crippen molar-refractivity contribution in [1.29, 1.82) is 0 Å². The second kappa shape index (κ2) is 13.3. The smallest absolute Gasteiger partial charge is 0.417 e. The van der Waals surface area contributed by atoms with Crippen LogP contribution in [0.4, 0.5) is 19.0 Å². The van der Waals surface area contributed by atoms with Crippen LogP contribution in [0.2, 0.25) is 10.0 Å². The first-order chi connectivity index (χ1) is 25.8. The standard InChI is InChI=1S/C39H35Cl2F3N4O6/c1-54-23-11-12-25(30(49)16-23)32-24-13-14-26-31(36(52)47(34(26)50)22-5-3-2-4-6-22)27(24)17-28-35(51)48(37(53)38(28,32)19-7-9-21(40)10-8-19)46-33-29(41)15-20(18-45-33)39(42,43)44/h7-13,15-16,18,22,26-28,31-32,49H,2-6,14,17H2,1H3,(H,45,46)/t26-,27+,28-,31-,32+,38+/m0/s1. The summed E-state index contributed by atoms with van der Waals surface area (Å²) in [6.45, 7) is 0. The summed E-state index contributed by atoms with van der Waals surface area (Å²) >= 11 is 12.6. The first-order valence-electron chi connectivity index (χ1n) is 17.8. The third-order valence-corrected chi connectivity index (χ3v) is 12.6. The molecule has 2 aliphatic heterocycles. The number of hydrazine groups is 1. The number of phenols is 1. The molecule has 3 heterocycles. The molecule has 0 unspecified atom stereocenters. The first kappa shape index (κ1) is 36.4. The number of rotatable bonds is 6. The highest BCUT2D eigenvalue weighted by Crippen LogP contribution is 2.65. The van der Waals surface area contributed by atoms with E-state index in [9.17, 15) is 32.7 Å². The van der Waals surface area contributed by atoms with Crippen LogP contribution in [-0.4, -0.2) is 56.8 Å². The number of likely N-dealkylation sites (tertiary alicyclic amines) is 1. The molecule has 0 spiro atoms. The number of hydrogen-bond donors (Lipinski definition) is 2. The van der Waals surface area contributed by atoms with Crippen molar-refractivity contribution in [2.45, 2.75) is 68.5 Å². The summed E-state index contributed by atoms with van der Waals surface area (Å²) in [5.74, 6) is -6.69. The second-order valence-electron chi connectivity index (χ2n) is 14.7. The molecular weight excluding hydrogens is 748 g/mol. The minimum absolute atomic E-state index is 0.0164. The number of nitrogens with zero attached hydrogens (tertiary/aromatic N) is 3. The highest BCUT2D eigenvalue weighted by atomic mass is 35.5. The number of alkyl halides is 3. The first-order valence-corrected chi connectivity index (χ1v) is 18.6. The number of pyridine rings is 1. The normalized spacial score (nSPS) is 28.5. The number of nitrogens with one attached hydrogen (secondary N) is 1. The van der Waals surface area contributed by atoms with Crippen molar-refractivity contribution in [3.8, 4) is 11.5 Å². The van der Waals surface area contributed by atoms with E-state index in [2.05, 4.69) is 10.4 Å². The van der Waals surface area contributed by atoms with Crippen LogP contribution in [0.5, 0.6) is 11.5 Å². The fourth-order valence-electron chi connectivity index (χ4n) is 9.75. The van der Waals surface area contributed by atoms with Crippen molar-refractivity contribution in [2.24, 2.45) is 23.7 Å². The third-order valence-electron chi connectivity index (χ3n) is 12.1. The highest BCUT2D eigenvalue weighted by molar-refractivity contribution is 6.33. The van der Waals surface area contributed by atoms with Gasteiger partial charge in [-0.25, -0.2) is 4.98 Å². The molecule has 282 valence electrons. The number of amides is 4. The summed E-state index contributed by atoms with van der Waals surface area (Å²) in [7, 11) is 1.43. The third kappa shape index (κ3) is 5.48. The number of aromatic hydroxyl groups is 1. The van der Waals surface area contributed by atoms with E-state index in [1.807, 2.05) is 6.08 Å². The molecule has 15 heteroatoms. The average molecular weight is 784 g/mol. The van der Waals surface area contributed by atoms with Crippen LogP contribution in [0.1, 0.15) is 67.6 Å². The van der Waals surface area contributed by atoms with Crippen LogP contribution in [0.3, 0.4) is 0 Å². The van der Waals surface area contributed by atoms with Crippen LogP contribution < -0.4 is 10.2 Å². The van der Waals surface area contributed by atoms with Crippen LogP contribution >= 0.6 is 23.2 Å². The van der Waals surface area contributed by atoms with E-state index in [4.69, 9.17) is 27.9 Å². The molecule has 3 aliphatic carbocycles. The predicted octanol–water partition coefficient (Wildman–Crippen LogP) is 7.44. The fourth-order valence-corrected chi connectivity index (χ4v) is 10.1. The van der Waals surface area contributed by atoms with Gasteiger partial charge in [-0.1, -0.05) is 72.3 Å². The second-order valence-corrected chi connectivity index (χ2v) is 15.5. The molecule has 54 heavy (non-hydrogen) atoms. The number of aromatic nitrogens is 1. The van der Waals surface area contributed by atoms with E-state index in [-0.39, 0.29) is 47.8 Å². The largest absolute Gasteiger partial charge is 0.508 e. The lowest BCUT2D eigenvalue weighted by Crippen LogP contribution is -2.53. The zero-order chi connectivity index (χ0) is 38.3. The Morgan fingerprint density at radius 3 is 2.31 bits per heavy atom. The van der Waals surface area contributed by atoms with Crippen LogP contribution in [0.25, 0.3) is 0 Å². The van der Waals surface area contributed by atoms with Crippen molar-refractivity contribution < 1.29 is 42.2 Å². The van der Waals surface area contributed by atoms with Gasteiger partial charge >= 0.3 is 6.18 Å². The molecule has 2 saturated heterocycles. The molecule has 5 aliphatic rings. The molecule has 0 radical (unpaired) electrons. The van der Waals surface area contributed by atoms with Gasteiger partial charge in [0, 0.05) is 34.8 Å². The van der Waals surface area contributed by atoms with Crippen molar-refractivity contribution in [3.63, 3.8) is 0 Å². The Labute approximate surface area is 318 Å². The Morgan fingerprint density at radius 1 is 0.944 bits per heavy atom. The Bertz CT molecular complexity index is 2110. The molecule has 4 fully saturated rings. The van der Waals surface area contributed by atoms with Crippen molar-refractivity contribution in [1.82, 2.24) is 14.9 Å². The Morgan fingerprint density at radius 2 is 1.67 bits per heavy atom. The molecule has 6 atom stereocenters. The Hall–Kier alpha value is -4.62. The van der Waals surface area contributed by atoms with Gasteiger partial charge in [-0.2, -0.15) is 18.2 Å². The van der Waals surface area contributed by atoms with Gasteiger partial charge in [-0.05, 0) is 61.4 Å². The van der Waals surface area contributed by atoms with Gasteiger partial charge in [0.1, 0.15) is 11.5 Å². The lowest BCUT2D eigenvalue weighted by Gasteiger charge is -2.50. The summed E-state index contributed by atoms with van der Waals surface area (Å²) in [5, 5.41) is 12.3. The Balaban J connectivity index is 1.31. The molecular formula is C39H35Cl2F3N4O6. The maximum atomic E-state index is 15.3. The lowest BCUT2D eigenvalue weighted by molar-refractivity contribution is -0.144. The van der Waals surface area contributed by atoms with Crippen molar-refractivity contribution >= 4 is 52.6 Å². The van der Waals surface area contributed by atoms with E-state index >= 15 is 4.79 Å². The number of fused-ring (bicyclic) bond motifs is 4. The SMILES string of the molecule is COc1ccc([C@H]2C3=CC[C@@H]4C(=O)N(C5CCCCC5)C(=O)[C@@H]4[C@@H]3C[C@H]3C(=O)N(Nc4ncc(C(F)(F)F)cc4Cl)C(=O)[C@@]23c2ccc(Cl)cc2)c(O)c1. The van der Waals surface area contributed by atoms with Gasteiger partial charge in [0.2, 0.25) is 11.8 Å². The number of hydrogen-bond acceptors (Lipinski definition) is 8. The number of carbonyl (C=O) groups excluding carboxylic acids is 4. The van der Waals surface area contributed by atoms with Crippen molar-refractivity contribution in [3.05, 3.63) is 93.1 Å². The number of halogens is 5. The summed E-state index contributed by atoms with van der Waals surface area (Å²) < 4.78 is 45.8. The molecule has 0 bridgehead atoms. The topological polar surface area (TPSA) is 129 Å². The van der Waals surface area contributed by atoms with Gasteiger partial charge in [-0.15, -0.1) is 0 Å². The van der Waals surface area contributed by atoms with E-state index in [0.717, 1.165) is 37.1 Å². The molecule has 2 N–H and O–H groups in total. The zero-order valence-electron chi connectivity index (χ0n) is 28.9. The van der Waals surface area contributed by atoms with E-state index in [0.29, 0.717) is 34.2 Å². The summed E-state index contributed by atoms with van der Waals surface area (Å²) in [4.78, 5) is 63.9. The predicted molar refractivity (Wildman–Crippen MR) is 190 cm³/mol. The number of anilines is 1. The average Bonchev–Trinajstić information content (AvgIpc) is 3.53. The number of ether oxygens (including phenoxy) is 1. The van der Waals surface area contributed by atoms with Crippen molar-refractivity contribution in [2.75, 3.05) is 12.5 Å².